The second kappa shape index (κ2) is 6.90. The van der Waals surface area contributed by atoms with Crippen molar-refractivity contribution >= 4 is 0 Å². The number of nitrogens with zero attached hydrogens (tertiary/aromatic N) is 1. The molecule has 0 spiro atoms. The summed E-state index contributed by atoms with van der Waals surface area (Å²) < 4.78 is 5.23. The number of aromatic nitrogens is 1. The van der Waals surface area contributed by atoms with E-state index in [1.54, 1.807) is 0 Å². The van der Waals surface area contributed by atoms with Gasteiger partial charge >= 0.3 is 0 Å². The number of nitrogens with one attached hydrogen (secondary N) is 1. The molecule has 0 aliphatic carbocycles. The van der Waals surface area contributed by atoms with Gasteiger partial charge in [0, 0.05) is 18.2 Å². The minimum Gasteiger partial charge on any atom is -0.361 e. The van der Waals surface area contributed by atoms with E-state index in [0.29, 0.717) is 12.0 Å². The van der Waals surface area contributed by atoms with Crippen molar-refractivity contribution in [3.8, 4) is 0 Å². The third-order valence-corrected chi connectivity index (χ3v) is 4.09. The first-order valence-corrected chi connectivity index (χ1v) is 7.76. The second-order valence-electron chi connectivity index (χ2n) is 6.00. The van der Waals surface area contributed by atoms with Crippen LogP contribution in [0.25, 0.3) is 0 Å². The molecule has 1 heterocycles. The van der Waals surface area contributed by atoms with E-state index in [4.69, 9.17) is 4.52 Å². The molecule has 21 heavy (non-hydrogen) atoms. The quantitative estimate of drug-likeness (QED) is 0.858. The van der Waals surface area contributed by atoms with Gasteiger partial charge in [0.1, 0.15) is 5.76 Å². The zero-order valence-corrected chi connectivity index (χ0v) is 13.7. The Hall–Kier alpha value is -1.61. The summed E-state index contributed by atoms with van der Waals surface area (Å²) in [5, 5.41) is 7.68. The number of hydrogen-bond donors (Lipinski definition) is 1. The molecule has 0 radical (unpaired) electrons. The summed E-state index contributed by atoms with van der Waals surface area (Å²) in [6, 6.07) is 9.27. The summed E-state index contributed by atoms with van der Waals surface area (Å²) in [7, 11) is 0. The Morgan fingerprint density at radius 3 is 2.29 bits per heavy atom. The zero-order chi connectivity index (χ0) is 15.4. The molecule has 0 amide bonds. The molecule has 0 saturated carbocycles. The Morgan fingerprint density at radius 1 is 1.14 bits per heavy atom. The average molecular weight is 286 g/mol. The molecule has 2 rings (SSSR count). The second-order valence-corrected chi connectivity index (χ2v) is 6.00. The topological polar surface area (TPSA) is 38.1 Å². The van der Waals surface area contributed by atoms with Crippen LogP contribution in [-0.4, -0.2) is 5.16 Å². The molecule has 1 aromatic carbocycles. The van der Waals surface area contributed by atoms with Gasteiger partial charge in [-0.2, -0.15) is 0 Å². The molecular formula is C18H26N2O. The summed E-state index contributed by atoms with van der Waals surface area (Å²) in [6.45, 7) is 11.4. The van der Waals surface area contributed by atoms with Gasteiger partial charge in [0.15, 0.2) is 0 Å². The van der Waals surface area contributed by atoms with Crippen LogP contribution in [0.4, 0.5) is 0 Å². The molecule has 3 heteroatoms. The summed E-state index contributed by atoms with van der Waals surface area (Å²) in [5.74, 6) is 1.43. The van der Waals surface area contributed by atoms with Gasteiger partial charge in [0.05, 0.1) is 5.69 Å². The normalized spacial score (nSPS) is 12.9. The van der Waals surface area contributed by atoms with Crippen molar-refractivity contribution in [1.82, 2.24) is 10.5 Å². The third kappa shape index (κ3) is 3.73. The summed E-state index contributed by atoms with van der Waals surface area (Å²) in [6.07, 6.45) is 1.08. The van der Waals surface area contributed by atoms with Crippen molar-refractivity contribution in [2.45, 2.75) is 53.6 Å². The molecule has 0 aliphatic heterocycles. The van der Waals surface area contributed by atoms with Crippen LogP contribution in [0.1, 0.15) is 55.0 Å². The first kappa shape index (κ1) is 15.8. The maximum Gasteiger partial charge on any atom is 0.138 e. The lowest BCUT2D eigenvalue weighted by Crippen LogP contribution is -2.25. The van der Waals surface area contributed by atoms with Crippen molar-refractivity contribution < 1.29 is 4.52 Å². The number of hydrogen-bond acceptors (Lipinski definition) is 3. The molecule has 1 N–H and O–H groups in total. The van der Waals surface area contributed by atoms with Gasteiger partial charge in [-0.3, -0.25) is 0 Å². The maximum atomic E-state index is 5.23. The van der Waals surface area contributed by atoms with E-state index in [1.165, 1.54) is 16.7 Å². The molecule has 3 nitrogen and oxygen atoms in total. The van der Waals surface area contributed by atoms with E-state index >= 15 is 0 Å². The van der Waals surface area contributed by atoms with E-state index in [0.717, 1.165) is 24.4 Å². The van der Waals surface area contributed by atoms with Gasteiger partial charge in [0.2, 0.25) is 0 Å². The molecule has 0 fully saturated rings. The smallest absolute Gasteiger partial charge is 0.138 e. The van der Waals surface area contributed by atoms with Crippen molar-refractivity contribution in [3.63, 3.8) is 0 Å². The van der Waals surface area contributed by atoms with Crippen LogP contribution < -0.4 is 5.32 Å². The van der Waals surface area contributed by atoms with Crippen molar-refractivity contribution in [3.05, 3.63) is 52.4 Å². The molecule has 2 aromatic rings. The van der Waals surface area contributed by atoms with E-state index in [1.807, 2.05) is 13.8 Å². The van der Waals surface area contributed by atoms with E-state index < -0.39 is 0 Å². The largest absolute Gasteiger partial charge is 0.361 e. The van der Waals surface area contributed by atoms with E-state index in [9.17, 15) is 0 Å². The Labute approximate surface area is 127 Å². The summed E-state index contributed by atoms with van der Waals surface area (Å²) in [4.78, 5) is 0. The van der Waals surface area contributed by atoms with Crippen LogP contribution in [0.3, 0.4) is 0 Å². The van der Waals surface area contributed by atoms with Crippen LogP contribution >= 0.6 is 0 Å². The number of rotatable bonds is 6. The van der Waals surface area contributed by atoms with Gasteiger partial charge in [0.25, 0.3) is 0 Å². The predicted molar refractivity (Wildman–Crippen MR) is 86.2 cm³/mol. The van der Waals surface area contributed by atoms with Crippen LogP contribution in [0.5, 0.6) is 0 Å². The standard InChI is InChI=1S/C18H26N2O/c1-6-15-7-9-16(10-8-15)18(12(2)3)19-11-17-13(4)20-21-14(17)5/h7-10,12,18-19H,6,11H2,1-5H3/t18-/m0/s1. The SMILES string of the molecule is CCc1ccc([C@@H](NCc2c(C)noc2C)C(C)C)cc1. The minimum atomic E-state index is 0.338. The molecule has 0 aliphatic rings. The Morgan fingerprint density at radius 2 is 1.81 bits per heavy atom. The highest BCUT2D eigenvalue weighted by Gasteiger charge is 2.17. The number of benzene rings is 1. The van der Waals surface area contributed by atoms with Crippen LogP contribution in [0.15, 0.2) is 28.8 Å². The highest BCUT2D eigenvalue weighted by molar-refractivity contribution is 5.26. The molecule has 0 saturated heterocycles. The van der Waals surface area contributed by atoms with Crippen LogP contribution in [-0.2, 0) is 13.0 Å². The lowest BCUT2D eigenvalue weighted by atomic mass is 9.94. The predicted octanol–water partition coefficient (Wildman–Crippen LogP) is 4.34. The first-order chi connectivity index (χ1) is 10.0. The van der Waals surface area contributed by atoms with Gasteiger partial charge in [-0.05, 0) is 37.3 Å². The molecule has 1 atom stereocenters. The van der Waals surface area contributed by atoms with Crippen LogP contribution in [0, 0.1) is 19.8 Å². The van der Waals surface area contributed by atoms with Crippen LogP contribution in [0.2, 0.25) is 0 Å². The van der Waals surface area contributed by atoms with Gasteiger partial charge < -0.3 is 9.84 Å². The highest BCUT2D eigenvalue weighted by atomic mass is 16.5. The fraction of sp³-hybridized carbons (Fsp3) is 0.500. The molecule has 1 aromatic heterocycles. The van der Waals surface area contributed by atoms with Gasteiger partial charge in [-0.25, -0.2) is 0 Å². The Kier molecular flexibility index (Phi) is 5.18. The van der Waals surface area contributed by atoms with Crippen molar-refractivity contribution in [2.24, 2.45) is 5.92 Å². The summed E-state index contributed by atoms with van der Waals surface area (Å²) >= 11 is 0. The first-order valence-electron chi connectivity index (χ1n) is 7.76. The Bertz CT molecular complexity index is 550. The molecular weight excluding hydrogens is 260 g/mol. The number of aryl methyl sites for hydroxylation is 3. The van der Waals surface area contributed by atoms with Gasteiger partial charge in [-0.15, -0.1) is 0 Å². The molecule has 114 valence electrons. The zero-order valence-electron chi connectivity index (χ0n) is 13.7. The Balaban J connectivity index is 2.12. The third-order valence-electron chi connectivity index (χ3n) is 4.09. The summed E-state index contributed by atoms with van der Waals surface area (Å²) in [5.41, 5.74) is 4.87. The fourth-order valence-electron chi connectivity index (χ4n) is 2.67. The monoisotopic (exact) mass is 286 g/mol. The van der Waals surface area contributed by atoms with E-state index in [2.05, 4.69) is 55.5 Å². The van der Waals surface area contributed by atoms with Gasteiger partial charge in [-0.1, -0.05) is 50.2 Å². The maximum absolute atomic E-state index is 5.23. The van der Waals surface area contributed by atoms with Crippen molar-refractivity contribution in [1.29, 1.82) is 0 Å². The average Bonchev–Trinajstić information content (AvgIpc) is 2.79. The molecule has 0 unspecified atom stereocenters. The fourth-order valence-corrected chi connectivity index (χ4v) is 2.67. The lowest BCUT2D eigenvalue weighted by molar-refractivity contribution is 0.387. The van der Waals surface area contributed by atoms with E-state index in [-0.39, 0.29) is 0 Å². The lowest BCUT2D eigenvalue weighted by Gasteiger charge is -2.23. The minimum absolute atomic E-state index is 0.338. The molecule has 0 bridgehead atoms. The highest BCUT2D eigenvalue weighted by Crippen LogP contribution is 2.23. The van der Waals surface area contributed by atoms with Crippen molar-refractivity contribution in [2.75, 3.05) is 0 Å².